The van der Waals surface area contributed by atoms with E-state index in [0.29, 0.717) is 12.0 Å². The van der Waals surface area contributed by atoms with E-state index in [0.717, 1.165) is 6.54 Å². The number of rotatable bonds is 11. The summed E-state index contributed by atoms with van der Waals surface area (Å²) in [6.45, 7) is 10.1. The summed E-state index contributed by atoms with van der Waals surface area (Å²) in [5, 5.41) is 3.70. The summed E-state index contributed by atoms with van der Waals surface area (Å²) in [5.41, 5.74) is 2.87. The number of thioether (sulfide) groups is 1. The standard InChI is InChI=1S/C19H33NS/c1-5-7-8-14-21-15-19(20-13-6-2)18-11-9-17(10-12-18)16(3)4/h9-12,16,19-20H,5-8,13-15H2,1-4H3. The fourth-order valence-electron chi connectivity index (χ4n) is 2.36. The molecule has 21 heavy (non-hydrogen) atoms. The molecule has 1 unspecified atom stereocenters. The molecule has 0 saturated carbocycles. The Hall–Kier alpha value is -0.470. The molecule has 0 saturated heterocycles. The Morgan fingerprint density at radius 1 is 0.952 bits per heavy atom. The first-order valence-electron chi connectivity index (χ1n) is 8.60. The van der Waals surface area contributed by atoms with Gasteiger partial charge in [0.25, 0.3) is 0 Å². The Bertz CT molecular complexity index is 358. The van der Waals surface area contributed by atoms with E-state index in [1.165, 1.54) is 48.3 Å². The highest BCUT2D eigenvalue weighted by atomic mass is 32.2. The molecule has 0 heterocycles. The first-order chi connectivity index (χ1) is 10.2. The van der Waals surface area contributed by atoms with E-state index in [4.69, 9.17) is 0 Å². The van der Waals surface area contributed by atoms with Gasteiger partial charge in [-0.3, -0.25) is 0 Å². The average molecular weight is 308 g/mol. The lowest BCUT2D eigenvalue weighted by Gasteiger charge is -2.19. The molecule has 0 amide bonds. The third kappa shape index (κ3) is 7.37. The summed E-state index contributed by atoms with van der Waals surface area (Å²) in [5.74, 6) is 3.09. The minimum Gasteiger partial charge on any atom is -0.309 e. The van der Waals surface area contributed by atoms with E-state index < -0.39 is 0 Å². The van der Waals surface area contributed by atoms with Crippen LogP contribution in [0.15, 0.2) is 24.3 Å². The zero-order valence-corrected chi connectivity index (χ0v) is 15.1. The number of hydrogen-bond acceptors (Lipinski definition) is 2. The molecule has 0 fully saturated rings. The van der Waals surface area contributed by atoms with E-state index in [9.17, 15) is 0 Å². The molecule has 0 spiro atoms. The van der Waals surface area contributed by atoms with Crippen LogP contribution in [-0.4, -0.2) is 18.1 Å². The van der Waals surface area contributed by atoms with E-state index in [2.05, 4.69) is 69.0 Å². The Balaban J connectivity index is 2.54. The van der Waals surface area contributed by atoms with Gasteiger partial charge in [0.2, 0.25) is 0 Å². The highest BCUT2D eigenvalue weighted by molar-refractivity contribution is 7.99. The molecule has 0 aromatic heterocycles. The maximum absolute atomic E-state index is 3.70. The van der Waals surface area contributed by atoms with Crippen LogP contribution >= 0.6 is 11.8 Å². The summed E-state index contributed by atoms with van der Waals surface area (Å²) in [4.78, 5) is 0. The lowest BCUT2D eigenvalue weighted by atomic mass is 9.99. The van der Waals surface area contributed by atoms with Crippen molar-refractivity contribution in [2.45, 2.75) is 65.3 Å². The van der Waals surface area contributed by atoms with Crippen LogP contribution in [0.1, 0.15) is 76.5 Å². The van der Waals surface area contributed by atoms with Gasteiger partial charge < -0.3 is 5.32 Å². The smallest absolute Gasteiger partial charge is 0.0411 e. The van der Waals surface area contributed by atoms with E-state index in [1.807, 2.05) is 0 Å². The number of unbranched alkanes of at least 4 members (excludes halogenated alkanes) is 2. The molecular formula is C19H33NS. The van der Waals surface area contributed by atoms with Gasteiger partial charge in [-0.2, -0.15) is 11.8 Å². The van der Waals surface area contributed by atoms with Crippen molar-refractivity contribution in [3.63, 3.8) is 0 Å². The van der Waals surface area contributed by atoms with Crippen LogP contribution in [0.3, 0.4) is 0 Å². The molecule has 1 aromatic rings. The molecule has 2 heteroatoms. The normalized spacial score (nSPS) is 12.8. The topological polar surface area (TPSA) is 12.0 Å². The van der Waals surface area contributed by atoms with Crippen molar-refractivity contribution < 1.29 is 0 Å². The molecule has 1 nitrogen and oxygen atoms in total. The third-order valence-corrected chi connectivity index (χ3v) is 4.97. The van der Waals surface area contributed by atoms with Gasteiger partial charge in [-0.1, -0.05) is 64.8 Å². The quantitative estimate of drug-likeness (QED) is 0.520. The highest BCUT2D eigenvalue weighted by Crippen LogP contribution is 2.22. The Kier molecular flexibility index (Phi) is 9.86. The molecular weight excluding hydrogens is 274 g/mol. The van der Waals surface area contributed by atoms with Crippen LogP contribution in [0.4, 0.5) is 0 Å². The highest BCUT2D eigenvalue weighted by Gasteiger charge is 2.11. The summed E-state index contributed by atoms with van der Waals surface area (Å²) in [6.07, 6.45) is 5.23. The summed E-state index contributed by atoms with van der Waals surface area (Å²) >= 11 is 2.09. The fraction of sp³-hybridized carbons (Fsp3) is 0.684. The zero-order chi connectivity index (χ0) is 15.5. The maximum Gasteiger partial charge on any atom is 0.0411 e. The Morgan fingerprint density at radius 2 is 1.62 bits per heavy atom. The number of benzene rings is 1. The van der Waals surface area contributed by atoms with Crippen molar-refractivity contribution in [2.75, 3.05) is 18.1 Å². The largest absolute Gasteiger partial charge is 0.309 e. The predicted molar refractivity (Wildman–Crippen MR) is 98.4 cm³/mol. The van der Waals surface area contributed by atoms with Crippen molar-refractivity contribution in [3.8, 4) is 0 Å². The van der Waals surface area contributed by atoms with Gasteiger partial charge >= 0.3 is 0 Å². The summed E-state index contributed by atoms with van der Waals surface area (Å²) in [6, 6.07) is 9.72. The second-order valence-corrected chi connectivity index (χ2v) is 7.26. The van der Waals surface area contributed by atoms with Crippen molar-refractivity contribution in [1.82, 2.24) is 5.32 Å². The number of nitrogens with one attached hydrogen (secondary N) is 1. The average Bonchev–Trinajstić information content (AvgIpc) is 2.50. The molecule has 1 atom stereocenters. The van der Waals surface area contributed by atoms with Crippen LogP contribution in [-0.2, 0) is 0 Å². The minimum atomic E-state index is 0.498. The second-order valence-electron chi connectivity index (χ2n) is 6.11. The van der Waals surface area contributed by atoms with Crippen LogP contribution in [0, 0.1) is 0 Å². The van der Waals surface area contributed by atoms with E-state index >= 15 is 0 Å². The first kappa shape index (κ1) is 18.6. The maximum atomic E-state index is 3.70. The molecule has 1 N–H and O–H groups in total. The molecule has 0 aliphatic heterocycles. The van der Waals surface area contributed by atoms with Crippen LogP contribution in [0.25, 0.3) is 0 Å². The van der Waals surface area contributed by atoms with Gasteiger partial charge in [0.15, 0.2) is 0 Å². The minimum absolute atomic E-state index is 0.498. The van der Waals surface area contributed by atoms with Crippen molar-refractivity contribution >= 4 is 11.8 Å². The molecule has 1 rings (SSSR count). The van der Waals surface area contributed by atoms with Crippen LogP contribution < -0.4 is 5.32 Å². The molecule has 0 aliphatic carbocycles. The van der Waals surface area contributed by atoms with Gasteiger partial charge in [0, 0.05) is 11.8 Å². The third-order valence-electron chi connectivity index (χ3n) is 3.82. The molecule has 120 valence electrons. The van der Waals surface area contributed by atoms with Crippen LogP contribution in [0.2, 0.25) is 0 Å². The molecule has 0 radical (unpaired) electrons. The second kappa shape index (κ2) is 11.1. The summed E-state index contributed by atoms with van der Waals surface area (Å²) < 4.78 is 0. The van der Waals surface area contributed by atoms with E-state index in [1.54, 1.807) is 0 Å². The predicted octanol–water partition coefficient (Wildman–Crippen LogP) is 5.77. The van der Waals surface area contributed by atoms with Gasteiger partial charge in [0.1, 0.15) is 0 Å². The lowest BCUT2D eigenvalue weighted by molar-refractivity contribution is 0.577. The fourth-order valence-corrected chi connectivity index (χ4v) is 3.48. The van der Waals surface area contributed by atoms with Gasteiger partial charge in [-0.15, -0.1) is 0 Å². The monoisotopic (exact) mass is 307 g/mol. The van der Waals surface area contributed by atoms with Crippen molar-refractivity contribution in [3.05, 3.63) is 35.4 Å². The molecule has 0 bridgehead atoms. The zero-order valence-electron chi connectivity index (χ0n) is 14.3. The lowest BCUT2D eigenvalue weighted by Crippen LogP contribution is -2.24. The number of hydrogen-bond donors (Lipinski definition) is 1. The first-order valence-corrected chi connectivity index (χ1v) is 9.75. The summed E-state index contributed by atoms with van der Waals surface area (Å²) in [7, 11) is 0. The Morgan fingerprint density at radius 3 is 2.19 bits per heavy atom. The SMILES string of the molecule is CCCCCSCC(NCCC)c1ccc(C(C)C)cc1. The van der Waals surface area contributed by atoms with Gasteiger partial charge in [-0.25, -0.2) is 0 Å². The molecule has 1 aromatic carbocycles. The van der Waals surface area contributed by atoms with Crippen molar-refractivity contribution in [2.24, 2.45) is 0 Å². The van der Waals surface area contributed by atoms with E-state index in [-0.39, 0.29) is 0 Å². The van der Waals surface area contributed by atoms with Crippen molar-refractivity contribution in [1.29, 1.82) is 0 Å². The van der Waals surface area contributed by atoms with Crippen LogP contribution in [0.5, 0.6) is 0 Å². The van der Waals surface area contributed by atoms with Gasteiger partial charge in [0.05, 0.1) is 0 Å². The van der Waals surface area contributed by atoms with Gasteiger partial charge in [-0.05, 0) is 42.2 Å². The molecule has 0 aliphatic rings. The Labute approximate surface area is 136 Å².